The first-order chi connectivity index (χ1) is 15.6. The molecule has 176 valence electrons. The monoisotopic (exact) mass is 534 g/mol. The van der Waals surface area contributed by atoms with Crippen LogP contribution in [0.1, 0.15) is 44.6 Å². The van der Waals surface area contributed by atoms with Gasteiger partial charge in [0.05, 0.1) is 18.0 Å². The van der Waals surface area contributed by atoms with E-state index in [1.54, 1.807) is 25.1 Å². The Hall–Kier alpha value is -2.65. The maximum Gasteiger partial charge on any atom is 0.277 e. The zero-order valence-corrected chi connectivity index (χ0v) is 21.4. The summed E-state index contributed by atoms with van der Waals surface area (Å²) >= 11 is 3.27. The first-order valence-corrected chi connectivity index (χ1v) is 12.8. The van der Waals surface area contributed by atoms with E-state index in [0.29, 0.717) is 40.4 Å². The van der Waals surface area contributed by atoms with Crippen molar-refractivity contribution in [2.75, 3.05) is 7.11 Å². The van der Waals surface area contributed by atoms with Crippen LogP contribution in [0.4, 0.5) is 0 Å². The van der Waals surface area contributed by atoms with E-state index in [4.69, 9.17) is 4.74 Å². The van der Waals surface area contributed by atoms with Crippen LogP contribution in [0.5, 0.6) is 11.6 Å². The molecule has 1 N–H and O–H groups in total. The van der Waals surface area contributed by atoms with E-state index in [0.717, 1.165) is 0 Å². The van der Waals surface area contributed by atoms with Gasteiger partial charge in [0.1, 0.15) is 11.6 Å². The Kier molecular flexibility index (Phi) is 7.64. The number of halogens is 1. The summed E-state index contributed by atoms with van der Waals surface area (Å²) in [6.07, 6.45) is 1.11. The number of nitrogens with zero attached hydrogens (tertiary/aromatic N) is 2. The Balaban J connectivity index is 2.28. The van der Waals surface area contributed by atoms with Crippen molar-refractivity contribution in [1.82, 2.24) is 9.55 Å². The molecule has 7 nitrogen and oxygen atoms in total. The van der Waals surface area contributed by atoms with Crippen LogP contribution in [0.2, 0.25) is 0 Å². The molecular formula is C24H27BrN2O5S. The molecule has 1 atom stereocenters. The lowest BCUT2D eigenvalue weighted by Gasteiger charge is -2.23. The maximum absolute atomic E-state index is 13.7. The number of aromatic nitrogens is 2. The van der Waals surface area contributed by atoms with Crippen LogP contribution >= 0.6 is 15.9 Å². The molecule has 0 radical (unpaired) electrons. The highest BCUT2D eigenvalue weighted by Gasteiger charge is 2.31. The van der Waals surface area contributed by atoms with Gasteiger partial charge in [0.25, 0.3) is 5.56 Å². The lowest BCUT2D eigenvalue weighted by atomic mass is 10.0. The van der Waals surface area contributed by atoms with Crippen LogP contribution in [-0.2, 0) is 16.3 Å². The van der Waals surface area contributed by atoms with E-state index in [2.05, 4.69) is 20.9 Å². The van der Waals surface area contributed by atoms with Crippen LogP contribution in [0.15, 0.2) is 67.6 Å². The average Bonchev–Trinajstić information content (AvgIpc) is 2.77. The summed E-state index contributed by atoms with van der Waals surface area (Å²) in [5.41, 5.74) is -0.116. The van der Waals surface area contributed by atoms with Gasteiger partial charge >= 0.3 is 0 Å². The van der Waals surface area contributed by atoms with Crippen LogP contribution in [-0.4, -0.2) is 30.2 Å². The number of rotatable bonds is 8. The van der Waals surface area contributed by atoms with Gasteiger partial charge in [0.15, 0.2) is 4.90 Å². The van der Waals surface area contributed by atoms with Crippen molar-refractivity contribution in [3.05, 3.63) is 74.7 Å². The van der Waals surface area contributed by atoms with Crippen molar-refractivity contribution in [3.63, 3.8) is 0 Å². The van der Waals surface area contributed by atoms with Crippen LogP contribution in [0.3, 0.4) is 0 Å². The second kappa shape index (κ2) is 10.1. The van der Waals surface area contributed by atoms with Gasteiger partial charge in [-0.2, -0.15) is 4.98 Å². The molecular weight excluding hydrogens is 508 g/mol. The molecule has 1 aromatic heterocycles. The molecule has 3 aromatic rings. The SMILES string of the molecule is COc1ccccc1[C@@H](C)n1c(CCC(C)C)nc(O)c(S(=O)(=O)c2ccc(Br)cc2)c1=O. The molecule has 0 saturated heterocycles. The molecule has 0 unspecified atom stereocenters. The summed E-state index contributed by atoms with van der Waals surface area (Å²) in [5.74, 6) is 0.423. The van der Waals surface area contributed by atoms with E-state index < -0.39 is 32.2 Å². The second-order valence-corrected chi connectivity index (χ2v) is 11.0. The molecule has 33 heavy (non-hydrogen) atoms. The van der Waals surface area contributed by atoms with Crippen molar-refractivity contribution in [3.8, 4) is 11.6 Å². The number of sulfone groups is 1. The summed E-state index contributed by atoms with van der Waals surface area (Å²) in [7, 11) is -2.78. The van der Waals surface area contributed by atoms with Gasteiger partial charge < -0.3 is 9.84 Å². The molecule has 0 aliphatic heterocycles. The Morgan fingerprint density at radius 2 is 1.73 bits per heavy atom. The van der Waals surface area contributed by atoms with Crippen molar-refractivity contribution in [2.24, 2.45) is 5.92 Å². The van der Waals surface area contributed by atoms with Crippen molar-refractivity contribution >= 4 is 25.8 Å². The zero-order chi connectivity index (χ0) is 24.3. The van der Waals surface area contributed by atoms with Crippen molar-refractivity contribution < 1.29 is 18.3 Å². The van der Waals surface area contributed by atoms with E-state index in [1.807, 2.05) is 32.0 Å². The Morgan fingerprint density at radius 1 is 1.09 bits per heavy atom. The molecule has 0 saturated carbocycles. The fourth-order valence-electron chi connectivity index (χ4n) is 3.66. The third-order valence-electron chi connectivity index (χ3n) is 5.44. The van der Waals surface area contributed by atoms with E-state index in [1.165, 1.54) is 23.8 Å². The quantitative estimate of drug-likeness (QED) is 0.447. The fourth-order valence-corrected chi connectivity index (χ4v) is 5.27. The maximum atomic E-state index is 13.7. The third-order valence-corrected chi connectivity index (χ3v) is 7.76. The van der Waals surface area contributed by atoms with Crippen LogP contribution < -0.4 is 10.3 Å². The Bertz CT molecular complexity index is 1300. The highest BCUT2D eigenvalue weighted by Crippen LogP contribution is 2.31. The van der Waals surface area contributed by atoms with Crippen molar-refractivity contribution in [2.45, 2.75) is 49.4 Å². The summed E-state index contributed by atoms with van der Waals surface area (Å²) in [6.45, 7) is 5.86. The average molecular weight is 535 g/mol. The van der Waals surface area contributed by atoms with E-state index >= 15 is 0 Å². The molecule has 0 aliphatic carbocycles. The first-order valence-electron chi connectivity index (χ1n) is 10.6. The molecule has 0 amide bonds. The number of hydrogen-bond donors (Lipinski definition) is 1. The topological polar surface area (TPSA) is 98.5 Å². The number of aromatic hydroxyl groups is 1. The van der Waals surface area contributed by atoms with Gasteiger partial charge in [0, 0.05) is 16.5 Å². The van der Waals surface area contributed by atoms with Gasteiger partial charge in [-0.1, -0.05) is 48.0 Å². The van der Waals surface area contributed by atoms with Gasteiger partial charge in [-0.15, -0.1) is 0 Å². The number of methoxy groups -OCH3 is 1. The predicted octanol–water partition coefficient (Wildman–Crippen LogP) is 4.75. The fraction of sp³-hybridized carbons (Fsp3) is 0.333. The number of aryl methyl sites for hydroxylation is 1. The molecule has 2 aromatic carbocycles. The smallest absolute Gasteiger partial charge is 0.277 e. The Labute approximate surface area is 202 Å². The molecule has 0 bridgehead atoms. The zero-order valence-electron chi connectivity index (χ0n) is 18.9. The van der Waals surface area contributed by atoms with Gasteiger partial charge in [-0.25, -0.2) is 8.42 Å². The van der Waals surface area contributed by atoms with Gasteiger partial charge in [-0.3, -0.25) is 9.36 Å². The van der Waals surface area contributed by atoms with Gasteiger partial charge in [0.2, 0.25) is 15.7 Å². The van der Waals surface area contributed by atoms with Crippen LogP contribution in [0, 0.1) is 5.92 Å². The molecule has 0 spiro atoms. The molecule has 0 fully saturated rings. The number of ether oxygens (including phenoxy) is 1. The van der Waals surface area contributed by atoms with Gasteiger partial charge in [-0.05, 0) is 49.6 Å². The summed E-state index contributed by atoms with van der Waals surface area (Å²) in [4.78, 5) is 17.1. The minimum absolute atomic E-state index is 0.105. The standard InChI is InChI=1S/C24H27BrN2O5S/c1-15(2)9-14-21-26-23(28)22(33(30,31)18-12-10-17(25)11-13-18)24(29)27(21)16(3)19-7-5-6-8-20(19)32-4/h5-8,10-13,15-16,28H,9,14H2,1-4H3/t16-/m1/s1. The first kappa shape index (κ1) is 25.0. The normalized spacial score (nSPS) is 12.7. The molecule has 9 heteroatoms. The summed E-state index contributed by atoms with van der Waals surface area (Å²) < 4.78 is 34.2. The highest BCUT2D eigenvalue weighted by atomic mass is 79.9. The molecule has 3 rings (SSSR count). The molecule has 1 heterocycles. The summed E-state index contributed by atoms with van der Waals surface area (Å²) in [5, 5.41) is 10.6. The lowest BCUT2D eigenvalue weighted by molar-refractivity contribution is 0.392. The van der Waals surface area contributed by atoms with Crippen molar-refractivity contribution in [1.29, 1.82) is 0 Å². The number of benzene rings is 2. The van der Waals surface area contributed by atoms with Crippen LogP contribution in [0.25, 0.3) is 0 Å². The number of hydrogen-bond acceptors (Lipinski definition) is 6. The third kappa shape index (κ3) is 5.14. The highest BCUT2D eigenvalue weighted by molar-refractivity contribution is 9.10. The minimum atomic E-state index is -4.32. The number of para-hydroxylation sites is 1. The predicted molar refractivity (Wildman–Crippen MR) is 130 cm³/mol. The van der Waals surface area contributed by atoms with E-state index in [9.17, 15) is 18.3 Å². The Morgan fingerprint density at radius 3 is 2.33 bits per heavy atom. The summed E-state index contributed by atoms with van der Waals surface area (Å²) in [6, 6.07) is 12.5. The lowest BCUT2D eigenvalue weighted by Crippen LogP contribution is -2.33. The second-order valence-electron chi connectivity index (χ2n) is 8.16. The largest absolute Gasteiger partial charge is 0.496 e. The molecule has 0 aliphatic rings. The van der Waals surface area contributed by atoms with E-state index in [-0.39, 0.29) is 4.90 Å². The minimum Gasteiger partial charge on any atom is -0.496 e.